The largest absolute Gasteiger partial charge is 0.342 e. The zero-order valence-corrected chi connectivity index (χ0v) is 15.9. The lowest BCUT2D eigenvalue weighted by molar-refractivity contribution is -0.115. The molecule has 0 saturated heterocycles. The van der Waals surface area contributed by atoms with Gasteiger partial charge in [-0.2, -0.15) is 5.10 Å². The van der Waals surface area contributed by atoms with E-state index in [1.807, 2.05) is 26.8 Å². The van der Waals surface area contributed by atoms with Crippen LogP contribution in [0.1, 0.15) is 41.5 Å². The number of carbonyl (C=O) groups excluding carboxylic acids is 2. The molecule has 2 amide bonds. The molecular formula is C16H18BrClN4O2. The fraction of sp³-hybridized carbons (Fsp3) is 0.312. The molecule has 0 radical (unpaired) electrons. The standard InChI is InChI=1S/C16H18BrClN4O2/c1-8(2)14-13(17)15(22-21-14)16(24)19-7-12(23)20-11-5-4-9(3)6-10(11)18/h4-6,8H,7H2,1-3H3,(H,19,24)(H,20,23)(H,21,22). The number of carbonyl (C=O) groups is 2. The van der Waals surface area contributed by atoms with E-state index in [9.17, 15) is 9.59 Å². The Labute approximate surface area is 153 Å². The molecular weight excluding hydrogens is 396 g/mol. The number of nitrogens with one attached hydrogen (secondary N) is 3. The summed E-state index contributed by atoms with van der Waals surface area (Å²) < 4.78 is 0.608. The fourth-order valence-electron chi connectivity index (χ4n) is 2.04. The molecule has 2 rings (SSSR count). The van der Waals surface area contributed by atoms with Crippen LogP contribution < -0.4 is 10.6 Å². The first-order chi connectivity index (χ1) is 11.3. The van der Waals surface area contributed by atoms with E-state index in [2.05, 4.69) is 36.8 Å². The zero-order valence-electron chi connectivity index (χ0n) is 13.5. The summed E-state index contributed by atoms with van der Waals surface area (Å²) in [7, 11) is 0. The van der Waals surface area contributed by atoms with Crippen molar-refractivity contribution >= 4 is 45.0 Å². The number of nitrogens with zero attached hydrogens (tertiary/aromatic N) is 1. The van der Waals surface area contributed by atoms with Gasteiger partial charge >= 0.3 is 0 Å². The van der Waals surface area contributed by atoms with Crippen molar-refractivity contribution in [2.24, 2.45) is 0 Å². The molecule has 0 saturated carbocycles. The van der Waals surface area contributed by atoms with Crippen molar-refractivity contribution in [3.63, 3.8) is 0 Å². The first kappa shape index (κ1) is 18.5. The summed E-state index contributed by atoms with van der Waals surface area (Å²) in [5.41, 5.74) is 2.55. The van der Waals surface area contributed by atoms with Crippen LogP contribution in [0.4, 0.5) is 5.69 Å². The summed E-state index contributed by atoms with van der Waals surface area (Å²) >= 11 is 9.42. The second-order valence-corrected chi connectivity index (χ2v) is 6.87. The van der Waals surface area contributed by atoms with E-state index in [4.69, 9.17) is 11.6 Å². The van der Waals surface area contributed by atoms with Gasteiger partial charge in [0, 0.05) is 0 Å². The molecule has 3 N–H and O–H groups in total. The number of anilines is 1. The van der Waals surface area contributed by atoms with Gasteiger partial charge in [0.25, 0.3) is 5.91 Å². The first-order valence-corrected chi connectivity index (χ1v) is 8.54. The molecule has 128 valence electrons. The number of rotatable bonds is 5. The van der Waals surface area contributed by atoms with Crippen LogP contribution in [0.15, 0.2) is 22.7 Å². The number of aromatic amines is 1. The molecule has 8 heteroatoms. The van der Waals surface area contributed by atoms with E-state index in [1.165, 1.54) is 0 Å². The van der Waals surface area contributed by atoms with Gasteiger partial charge in [-0.25, -0.2) is 0 Å². The third-order valence-corrected chi connectivity index (χ3v) is 4.45. The van der Waals surface area contributed by atoms with Crippen molar-refractivity contribution in [2.75, 3.05) is 11.9 Å². The normalized spacial score (nSPS) is 10.8. The van der Waals surface area contributed by atoms with Gasteiger partial charge in [-0.3, -0.25) is 14.7 Å². The maximum absolute atomic E-state index is 12.1. The van der Waals surface area contributed by atoms with E-state index >= 15 is 0 Å². The Hall–Kier alpha value is -1.86. The molecule has 0 bridgehead atoms. The monoisotopic (exact) mass is 412 g/mol. The van der Waals surface area contributed by atoms with Crippen LogP contribution >= 0.6 is 27.5 Å². The van der Waals surface area contributed by atoms with Crippen LogP contribution in [0.5, 0.6) is 0 Å². The van der Waals surface area contributed by atoms with Crippen LogP contribution in [-0.4, -0.2) is 28.6 Å². The zero-order chi connectivity index (χ0) is 17.9. The molecule has 2 aromatic rings. The minimum atomic E-state index is -0.435. The Morgan fingerprint density at radius 2 is 2.08 bits per heavy atom. The average molecular weight is 414 g/mol. The SMILES string of the molecule is Cc1ccc(NC(=O)CNC(=O)c2n[nH]c(C(C)C)c2Br)c(Cl)c1. The van der Waals surface area contributed by atoms with Gasteiger partial charge in [-0.1, -0.05) is 31.5 Å². The summed E-state index contributed by atoms with van der Waals surface area (Å²) in [5.74, 6) is -0.611. The quantitative estimate of drug-likeness (QED) is 0.699. The Balaban J connectivity index is 1.95. The molecule has 1 aromatic carbocycles. The minimum Gasteiger partial charge on any atom is -0.342 e. The van der Waals surface area contributed by atoms with Crippen molar-refractivity contribution in [3.05, 3.63) is 44.6 Å². The highest BCUT2D eigenvalue weighted by Gasteiger charge is 2.19. The Kier molecular flexibility index (Phi) is 6.01. The highest BCUT2D eigenvalue weighted by molar-refractivity contribution is 9.10. The second-order valence-electron chi connectivity index (χ2n) is 5.67. The van der Waals surface area contributed by atoms with Crippen LogP contribution in [0.3, 0.4) is 0 Å². The van der Waals surface area contributed by atoms with Gasteiger partial charge in [-0.05, 0) is 46.5 Å². The van der Waals surface area contributed by atoms with Crippen molar-refractivity contribution in [1.82, 2.24) is 15.5 Å². The van der Waals surface area contributed by atoms with Gasteiger partial charge in [0.1, 0.15) is 0 Å². The maximum Gasteiger partial charge on any atom is 0.273 e. The molecule has 24 heavy (non-hydrogen) atoms. The molecule has 1 heterocycles. The van der Waals surface area contributed by atoms with Crippen LogP contribution in [-0.2, 0) is 4.79 Å². The Morgan fingerprint density at radius 3 is 2.67 bits per heavy atom. The third kappa shape index (κ3) is 4.36. The molecule has 0 aliphatic rings. The molecule has 0 spiro atoms. The topological polar surface area (TPSA) is 86.9 Å². The van der Waals surface area contributed by atoms with Crippen LogP contribution in [0.25, 0.3) is 0 Å². The van der Waals surface area contributed by atoms with E-state index in [-0.39, 0.29) is 24.1 Å². The van der Waals surface area contributed by atoms with Crippen molar-refractivity contribution < 1.29 is 9.59 Å². The van der Waals surface area contributed by atoms with Gasteiger partial charge < -0.3 is 10.6 Å². The number of halogens is 2. The summed E-state index contributed by atoms with van der Waals surface area (Å²) in [6.07, 6.45) is 0. The molecule has 1 aromatic heterocycles. The Bertz CT molecular complexity index is 773. The maximum atomic E-state index is 12.1. The number of benzene rings is 1. The van der Waals surface area contributed by atoms with Crippen molar-refractivity contribution in [2.45, 2.75) is 26.7 Å². The average Bonchev–Trinajstić information content (AvgIpc) is 2.89. The van der Waals surface area contributed by atoms with Crippen LogP contribution in [0, 0.1) is 6.92 Å². The van der Waals surface area contributed by atoms with Gasteiger partial charge in [0.2, 0.25) is 5.91 Å². The predicted molar refractivity (Wildman–Crippen MR) is 97.5 cm³/mol. The van der Waals surface area contributed by atoms with Gasteiger partial charge in [0.05, 0.1) is 27.4 Å². The van der Waals surface area contributed by atoms with Crippen molar-refractivity contribution in [3.8, 4) is 0 Å². The molecule has 0 aliphatic heterocycles. The Morgan fingerprint density at radius 1 is 1.38 bits per heavy atom. The summed E-state index contributed by atoms with van der Waals surface area (Å²) in [6, 6.07) is 5.31. The highest BCUT2D eigenvalue weighted by atomic mass is 79.9. The number of aromatic nitrogens is 2. The summed E-state index contributed by atoms with van der Waals surface area (Å²) in [5, 5.41) is 12.4. The summed E-state index contributed by atoms with van der Waals surface area (Å²) in [6.45, 7) is 5.70. The fourth-order valence-corrected chi connectivity index (χ4v) is 3.13. The molecule has 0 unspecified atom stereocenters. The van der Waals surface area contributed by atoms with Crippen LogP contribution in [0.2, 0.25) is 5.02 Å². The van der Waals surface area contributed by atoms with Crippen molar-refractivity contribution in [1.29, 1.82) is 0 Å². The van der Waals surface area contributed by atoms with E-state index < -0.39 is 5.91 Å². The van der Waals surface area contributed by atoms with E-state index in [0.29, 0.717) is 15.2 Å². The van der Waals surface area contributed by atoms with E-state index in [0.717, 1.165) is 11.3 Å². The number of hydrogen-bond donors (Lipinski definition) is 3. The second kappa shape index (κ2) is 7.81. The first-order valence-electron chi connectivity index (χ1n) is 7.37. The number of amides is 2. The van der Waals surface area contributed by atoms with Gasteiger partial charge in [0.15, 0.2) is 5.69 Å². The third-order valence-electron chi connectivity index (χ3n) is 3.33. The lowest BCUT2D eigenvalue weighted by Gasteiger charge is -2.08. The molecule has 0 atom stereocenters. The number of aryl methyl sites for hydroxylation is 1. The summed E-state index contributed by atoms with van der Waals surface area (Å²) in [4.78, 5) is 24.1. The molecule has 0 fully saturated rings. The number of hydrogen-bond acceptors (Lipinski definition) is 3. The lowest BCUT2D eigenvalue weighted by Crippen LogP contribution is -2.33. The number of H-pyrrole nitrogens is 1. The molecule has 6 nitrogen and oxygen atoms in total. The van der Waals surface area contributed by atoms with E-state index in [1.54, 1.807) is 12.1 Å². The van der Waals surface area contributed by atoms with Gasteiger partial charge in [-0.15, -0.1) is 0 Å². The molecule has 0 aliphatic carbocycles. The smallest absolute Gasteiger partial charge is 0.273 e. The lowest BCUT2D eigenvalue weighted by atomic mass is 10.1. The minimum absolute atomic E-state index is 0.181. The predicted octanol–water partition coefficient (Wildman–Crippen LogP) is 3.63. The highest BCUT2D eigenvalue weighted by Crippen LogP contribution is 2.25.